The summed E-state index contributed by atoms with van der Waals surface area (Å²) in [5.41, 5.74) is 0. The van der Waals surface area contributed by atoms with Crippen LogP contribution in [0, 0.1) is 0 Å². The standard InChI is InChI=1S/C20H24N6OS2/c1-14(18(27)23-19-21-10-6-11-22-19)29-20-25-24-17(13-16-9-5-12-28-16)26(20)15-7-3-2-4-8-15/h5-6,9-12,14-15H,2-4,7-8,13H2,1H3,(H,21,22,23,27). The van der Waals surface area contributed by atoms with Crippen LogP contribution in [0.3, 0.4) is 0 Å². The van der Waals surface area contributed by atoms with Crippen LogP contribution in [0.25, 0.3) is 0 Å². The van der Waals surface area contributed by atoms with Gasteiger partial charge >= 0.3 is 0 Å². The lowest BCUT2D eigenvalue weighted by Gasteiger charge is -2.26. The minimum atomic E-state index is -0.333. The summed E-state index contributed by atoms with van der Waals surface area (Å²) < 4.78 is 2.28. The number of hydrogen-bond donors (Lipinski definition) is 1. The number of thioether (sulfide) groups is 1. The summed E-state index contributed by atoms with van der Waals surface area (Å²) in [5.74, 6) is 1.16. The number of hydrogen-bond acceptors (Lipinski definition) is 7. The molecule has 152 valence electrons. The normalized spacial score (nSPS) is 15.9. The molecule has 0 saturated heterocycles. The van der Waals surface area contributed by atoms with Crippen LogP contribution in [0.4, 0.5) is 5.95 Å². The molecule has 1 aliphatic carbocycles. The van der Waals surface area contributed by atoms with E-state index in [-0.39, 0.29) is 11.2 Å². The summed E-state index contributed by atoms with van der Waals surface area (Å²) in [4.78, 5) is 22.0. The number of aromatic nitrogens is 5. The van der Waals surface area contributed by atoms with Crippen LogP contribution in [0.2, 0.25) is 0 Å². The fourth-order valence-corrected chi connectivity index (χ4v) is 5.21. The second-order valence-corrected chi connectivity index (χ2v) is 9.48. The minimum absolute atomic E-state index is 0.140. The largest absolute Gasteiger partial charge is 0.303 e. The van der Waals surface area contributed by atoms with Gasteiger partial charge in [0.2, 0.25) is 11.9 Å². The minimum Gasteiger partial charge on any atom is -0.303 e. The molecule has 1 unspecified atom stereocenters. The van der Waals surface area contributed by atoms with Gasteiger partial charge in [0.05, 0.1) is 5.25 Å². The second kappa shape index (κ2) is 9.49. The van der Waals surface area contributed by atoms with E-state index >= 15 is 0 Å². The molecule has 3 aromatic rings. The van der Waals surface area contributed by atoms with Crippen molar-refractivity contribution in [2.45, 2.75) is 61.9 Å². The Bertz CT molecular complexity index is 922. The molecule has 1 saturated carbocycles. The number of nitrogens with zero attached hydrogens (tertiary/aromatic N) is 5. The van der Waals surface area contributed by atoms with E-state index < -0.39 is 0 Å². The van der Waals surface area contributed by atoms with Gasteiger partial charge in [-0.1, -0.05) is 37.1 Å². The van der Waals surface area contributed by atoms with Crippen molar-refractivity contribution in [3.63, 3.8) is 0 Å². The average Bonchev–Trinajstić information content (AvgIpc) is 3.40. The van der Waals surface area contributed by atoms with Gasteiger partial charge in [-0.15, -0.1) is 21.5 Å². The summed E-state index contributed by atoms with van der Waals surface area (Å²) in [6.45, 7) is 1.88. The summed E-state index contributed by atoms with van der Waals surface area (Å²) >= 11 is 3.19. The third kappa shape index (κ3) is 5.02. The lowest BCUT2D eigenvalue weighted by atomic mass is 9.95. The lowest BCUT2D eigenvalue weighted by Crippen LogP contribution is -2.24. The summed E-state index contributed by atoms with van der Waals surface area (Å²) in [5, 5.41) is 14.3. The highest BCUT2D eigenvalue weighted by molar-refractivity contribution is 8.00. The van der Waals surface area contributed by atoms with Gasteiger partial charge in [0.25, 0.3) is 0 Å². The van der Waals surface area contributed by atoms with Crippen molar-refractivity contribution in [2.75, 3.05) is 5.32 Å². The van der Waals surface area contributed by atoms with E-state index in [2.05, 4.69) is 47.6 Å². The van der Waals surface area contributed by atoms with Crippen molar-refractivity contribution >= 4 is 35.0 Å². The van der Waals surface area contributed by atoms with Crippen LogP contribution in [0.15, 0.2) is 41.1 Å². The Morgan fingerprint density at radius 2 is 2.03 bits per heavy atom. The number of anilines is 1. The fraction of sp³-hybridized carbons (Fsp3) is 0.450. The van der Waals surface area contributed by atoms with Crippen LogP contribution in [-0.2, 0) is 11.2 Å². The Morgan fingerprint density at radius 1 is 1.24 bits per heavy atom. The van der Waals surface area contributed by atoms with E-state index in [1.807, 2.05) is 6.92 Å². The van der Waals surface area contributed by atoms with Crippen LogP contribution in [0.5, 0.6) is 0 Å². The Hall–Kier alpha value is -2.26. The molecular weight excluding hydrogens is 404 g/mol. The zero-order valence-corrected chi connectivity index (χ0v) is 18.0. The molecule has 0 bridgehead atoms. The maximum absolute atomic E-state index is 12.6. The molecule has 9 heteroatoms. The molecule has 0 aliphatic heterocycles. The van der Waals surface area contributed by atoms with Crippen LogP contribution < -0.4 is 5.32 Å². The maximum atomic E-state index is 12.6. The smallest absolute Gasteiger partial charge is 0.240 e. The van der Waals surface area contributed by atoms with Crippen molar-refractivity contribution in [1.29, 1.82) is 0 Å². The number of rotatable bonds is 7. The first-order chi connectivity index (χ1) is 14.2. The van der Waals surface area contributed by atoms with Crippen molar-refractivity contribution < 1.29 is 4.79 Å². The van der Waals surface area contributed by atoms with Gasteiger partial charge in [-0.05, 0) is 37.3 Å². The van der Waals surface area contributed by atoms with Crippen molar-refractivity contribution in [1.82, 2.24) is 24.7 Å². The van der Waals surface area contributed by atoms with Crippen molar-refractivity contribution in [2.24, 2.45) is 0 Å². The van der Waals surface area contributed by atoms with E-state index in [0.29, 0.717) is 12.0 Å². The summed E-state index contributed by atoms with van der Waals surface area (Å²) in [6.07, 6.45) is 10.0. The summed E-state index contributed by atoms with van der Waals surface area (Å²) in [6, 6.07) is 6.32. The molecule has 1 atom stereocenters. The summed E-state index contributed by atoms with van der Waals surface area (Å²) in [7, 11) is 0. The lowest BCUT2D eigenvalue weighted by molar-refractivity contribution is -0.115. The molecule has 1 amide bonds. The molecule has 4 rings (SSSR count). The predicted octanol–water partition coefficient (Wildman–Crippen LogP) is 4.34. The topological polar surface area (TPSA) is 85.6 Å². The van der Waals surface area contributed by atoms with Gasteiger partial charge in [0, 0.05) is 29.7 Å². The average molecular weight is 429 g/mol. The Kier molecular flexibility index (Phi) is 6.56. The highest BCUT2D eigenvalue weighted by Crippen LogP contribution is 2.34. The molecule has 0 aromatic carbocycles. The molecule has 0 spiro atoms. The van der Waals surface area contributed by atoms with E-state index in [4.69, 9.17) is 0 Å². The van der Waals surface area contributed by atoms with Crippen LogP contribution in [0.1, 0.15) is 55.8 Å². The molecule has 29 heavy (non-hydrogen) atoms. The molecule has 1 aliphatic rings. The highest BCUT2D eigenvalue weighted by atomic mass is 32.2. The number of thiophene rings is 1. The number of nitrogens with one attached hydrogen (secondary N) is 1. The molecule has 0 radical (unpaired) electrons. The molecule has 3 aromatic heterocycles. The zero-order valence-electron chi connectivity index (χ0n) is 16.3. The second-order valence-electron chi connectivity index (χ2n) is 7.14. The Labute approximate surface area is 178 Å². The molecular formula is C20H24N6OS2. The fourth-order valence-electron chi connectivity index (χ4n) is 3.57. The molecule has 1 N–H and O–H groups in total. The van der Waals surface area contributed by atoms with Crippen LogP contribution in [-0.4, -0.2) is 35.9 Å². The third-order valence-electron chi connectivity index (χ3n) is 5.04. The molecule has 1 fully saturated rings. The van der Waals surface area contributed by atoms with Gasteiger partial charge in [-0.25, -0.2) is 9.97 Å². The number of carbonyl (C=O) groups excluding carboxylic acids is 1. The Balaban J connectivity index is 1.52. The molecule has 7 nitrogen and oxygen atoms in total. The van der Waals surface area contributed by atoms with Gasteiger partial charge in [-0.2, -0.15) is 0 Å². The first-order valence-electron chi connectivity index (χ1n) is 9.91. The number of amides is 1. The van der Waals surface area contributed by atoms with Crippen molar-refractivity contribution in [3.8, 4) is 0 Å². The molecule has 3 heterocycles. The Morgan fingerprint density at radius 3 is 2.76 bits per heavy atom. The van der Waals surface area contributed by atoms with E-state index in [1.54, 1.807) is 29.8 Å². The zero-order chi connectivity index (χ0) is 20.1. The van der Waals surface area contributed by atoms with Gasteiger partial charge < -0.3 is 4.57 Å². The quantitative estimate of drug-likeness (QED) is 0.563. The monoisotopic (exact) mass is 428 g/mol. The first-order valence-corrected chi connectivity index (χ1v) is 11.7. The van der Waals surface area contributed by atoms with Gasteiger partial charge in [0.1, 0.15) is 5.82 Å². The highest BCUT2D eigenvalue weighted by Gasteiger charge is 2.26. The number of carbonyl (C=O) groups is 1. The first kappa shape index (κ1) is 20.0. The van der Waals surface area contributed by atoms with Crippen molar-refractivity contribution in [3.05, 3.63) is 46.7 Å². The maximum Gasteiger partial charge on any atom is 0.240 e. The van der Waals surface area contributed by atoms with E-state index in [9.17, 15) is 4.79 Å². The SMILES string of the molecule is CC(Sc1nnc(Cc2cccs2)n1C1CCCCC1)C(=O)Nc1ncccn1. The predicted molar refractivity (Wildman–Crippen MR) is 115 cm³/mol. The van der Waals surface area contributed by atoms with E-state index in [1.165, 1.54) is 35.9 Å². The van der Waals surface area contributed by atoms with Gasteiger partial charge in [0.15, 0.2) is 5.16 Å². The van der Waals surface area contributed by atoms with Gasteiger partial charge in [-0.3, -0.25) is 10.1 Å². The van der Waals surface area contributed by atoms with Crippen LogP contribution >= 0.6 is 23.1 Å². The van der Waals surface area contributed by atoms with E-state index in [0.717, 1.165) is 30.2 Å². The third-order valence-corrected chi connectivity index (χ3v) is 6.97.